The molecule has 0 amide bonds. The van der Waals surface area contributed by atoms with Crippen LogP contribution in [0.25, 0.3) is 0 Å². The van der Waals surface area contributed by atoms with E-state index in [1.54, 1.807) is 6.92 Å². The van der Waals surface area contributed by atoms with Crippen molar-refractivity contribution >= 4 is 11.8 Å². The molecule has 0 bridgehead atoms. The Morgan fingerprint density at radius 2 is 1.94 bits per heavy atom. The SMILES string of the molecule is CCOC(=O)C(=O)C=CCOCc1ccccc1. The summed E-state index contributed by atoms with van der Waals surface area (Å²) in [5.41, 5.74) is 1.06. The van der Waals surface area contributed by atoms with E-state index in [-0.39, 0.29) is 13.2 Å². The number of ether oxygens (including phenoxy) is 2. The minimum absolute atomic E-state index is 0.197. The van der Waals surface area contributed by atoms with Gasteiger partial charge < -0.3 is 9.47 Å². The highest BCUT2D eigenvalue weighted by Crippen LogP contribution is 2.00. The van der Waals surface area contributed by atoms with Crippen LogP contribution in [-0.2, 0) is 25.7 Å². The van der Waals surface area contributed by atoms with Gasteiger partial charge in [0.15, 0.2) is 0 Å². The van der Waals surface area contributed by atoms with Gasteiger partial charge >= 0.3 is 5.97 Å². The second-order valence-electron chi connectivity index (χ2n) is 3.49. The van der Waals surface area contributed by atoms with Crippen LogP contribution in [0.15, 0.2) is 42.5 Å². The molecule has 0 aliphatic heterocycles. The van der Waals surface area contributed by atoms with Gasteiger partial charge in [-0.1, -0.05) is 36.4 Å². The highest BCUT2D eigenvalue weighted by atomic mass is 16.5. The molecule has 0 atom stereocenters. The van der Waals surface area contributed by atoms with Crippen molar-refractivity contribution in [1.29, 1.82) is 0 Å². The predicted molar refractivity (Wildman–Crippen MR) is 66.9 cm³/mol. The van der Waals surface area contributed by atoms with Crippen LogP contribution in [0.2, 0.25) is 0 Å². The Balaban J connectivity index is 2.21. The van der Waals surface area contributed by atoms with E-state index in [1.807, 2.05) is 30.3 Å². The summed E-state index contributed by atoms with van der Waals surface area (Å²) < 4.78 is 9.87. The molecular weight excluding hydrogens is 232 g/mol. The Labute approximate surface area is 106 Å². The summed E-state index contributed by atoms with van der Waals surface area (Å²) >= 11 is 0. The minimum Gasteiger partial charge on any atom is -0.460 e. The van der Waals surface area contributed by atoms with Gasteiger partial charge in [0.2, 0.25) is 0 Å². The first-order chi connectivity index (χ1) is 8.74. The highest BCUT2D eigenvalue weighted by Gasteiger charge is 2.09. The van der Waals surface area contributed by atoms with Crippen LogP contribution >= 0.6 is 0 Å². The van der Waals surface area contributed by atoms with Gasteiger partial charge in [0, 0.05) is 0 Å². The molecular formula is C14H16O4. The van der Waals surface area contributed by atoms with Crippen LogP contribution in [0, 0.1) is 0 Å². The van der Waals surface area contributed by atoms with Crippen molar-refractivity contribution in [1.82, 2.24) is 0 Å². The molecule has 0 heterocycles. The molecule has 0 saturated heterocycles. The van der Waals surface area contributed by atoms with Crippen LogP contribution in [-0.4, -0.2) is 25.0 Å². The molecule has 4 nitrogen and oxygen atoms in total. The summed E-state index contributed by atoms with van der Waals surface area (Å²) in [5, 5.41) is 0. The van der Waals surface area contributed by atoms with Crippen molar-refractivity contribution in [2.75, 3.05) is 13.2 Å². The van der Waals surface area contributed by atoms with Crippen LogP contribution < -0.4 is 0 Å². The van der Waals surface area contributed by atoms with E-state index in [0.29, 0.717) is 6.61 Å². The zero-order valence-corrected chi connectivity index (χ0v) is 10.3. The molecule has 4 heteroatoms. The second-order valence-corrected chi connectivity index (χ2v) is 3.49. The summed E-state index contributed by atoms with van der Waals surface area (Å²) in [6.07, 6.45) is 2.67. The van der Waals surface area contributed by atoms with E-state index in [0.717, 1.165) is 5.56 Å². The number of benzene rings is 1. The smallest absolute Gasteiger partial charge is 0.378 e. The lowest BCUT2D eigenvalue weighted by molar-refractivity contribution is -0.151. The molecule has 0 radical (unpaired) electrons. The number of esters is 1. The molecule has 1 rings (SSSR count). The second kappa shape index (κ2) is 8.20. The normalized spacial score (nSPS) is 10.5. The molecule has 0 aromatic heterocycles. The van der Waals surface area contributed by atoms with Crippen molar-refractivity contribution in [3.8, 4) is 0 Å². The van der Waals surface area contributed by atoms with Crippen molar-refractivity contribution < 1.29 is 19.1 Å². The third-order valence-corrected chi connectivity index (χ3v) is 2.07. The molecule has 0 fully saturated rings. The van der Waals surface area contributed by atoms with Gasteiger partial charge in [-0.3, -0.25) is 4.79 Å². The first kappa shape index (κ1) is 14.1. The summed E-state index contributed by atoms with van der Waals surface area (Å²) in [6.45, 7) is 2.60. The van der Waals surface area contributed by atoms with Crippen LogP contribution in [0.1, 0.15) is 12.5 Å². The lowest BCUT2D eigenvalue weighted by Crippen LogP contribution is -2.14. The van der Waals surface area contributed by atoms with E-state index < -0.39 is 11.8 Å². The lowest BCUT2D eigenvalue weighted by atomic mass is 10.2. The average Bonchev–Trinajstić information content (AvgIpc) is 2.39. The van der Waals surface area contributed by atoms with Crippen molar-refractivity contribution in [2.45, 2.75) is 13.5 Å². The van der Waals surface area contributed by atoms with Gasteiger partial charge in [0.25, 0.3) is 5.78 Å². The molecule has 1 aromatic rings. The van der Waals surface area contributed by atoms with Crippen LogP contribution in [0.3, 0.4) is 0 Å². The molecule has 0 aliphatic rings. The molecule has 0 unspecified atom stereocenters. The summed E-state index contributed by atoms with van der Waals surface area (Å²) in [4.78, 5) is 22.1. The molecule has 0 aliphatic carbocycles. The number of rotatable bonds is 7. The van der Waals surface area contributed by atoms with E-state index >= 15 is 0 Å². The zero-order chi connectivity index (χ0) is 13.2. The van der Waals surface area contributed by atoms with Crippen LogP contribution in [0.4, 0.5) is 0 Å². The Morgan fingerprint density at radius 3 is 2.61 bits per heavy atom. The molecule has 0 spiro atoms. The number of carbonyl (C=O) groups is 2. The maximum atomic E-state index is 11.1. The number of carbonyl (C=O) groups excluding carboxylic acids is 2. The number of ketones is 1. The summed E-state index contributed by atoms with van der Waals surface area (Å²) in [5.74, 6) is -1.50. The number of hydrogen-bond donors (Lipinski definition) is 0. The Bertz CT molecular complexity index is 409. The van der Waals surface area contributed by atoms with Gasteiger partial charge in [-0.25, -0.2) is 4.79 Å². The first-order valence-corrected chi connectivity index (χ1v) is 5.73. The predicted octanol–water partition coefficient (Wildman–Crippen LogP) is 1.89. The molecule has 0 saturated carbocycles. The largest absolute Gasteiger partial charge is 0.460 e. The Hall–Kier alpha value is -1.94. The topological polar surface area (TPSA) is 52.6 Å². The minimum atomic E-state index is -0.836. The Morgan fingerprint density at radius 1 is 1.22 bits per heavy atom. The number of hydrogen-bond acceptors (Lipinski definition) is 4. The third kappa shape index (κ3) is 5.41. The van der Waals surface area contributed by atoms with E-state index in [2.05, 4.69) is 4.74 Å². The maximum absolute atomic E-state index is 11.1. The Kier molecular flexibility index (Phi) is 6.43. The molecule has 1 aromatic carbocycles. The molecule has 0 N–H and O–H groups in total. The van der Waals surface area contributed by atoms with Gasteiger partial charge in [-0.15, -0.1) is 0 Å². The molecule has 18 heavy (non-hydrogen) atoms. The van der Waals surface area contributed by atoms with Gasteiger partial charge in [0.05, 0.1) is 19.8 Å². The van der Waals surface area contributed by atoms with E-state index in [9.17, 15) is 9.59 Å². The van der Waals surface area contributed by atoms with Crippen molar-refractivity contribution in [2.24, 2.45) is 0 Å². The van der Waals surface area contributed by atoms with Crippen molar-refractivity contribution in [3.63, 3.8) is 0 Å². The fourth-order valence-corrected chi connectivity index (χ4v) is 1.24. The quantitative estimate of drug-likeness (QED) is 0.320. The maximum Gasteiger partial charge on any atom is 0.378 e. The van der Waals surface area contributed by atoms with E-state index in [4.69, 9.17) is 4.74 Å². The zero-order valence-electron chi connectivity index (χ0n) is 10.3. The third-order valence-electron chi connectivity index (χ3n) is 2.07. The lowest BCUT2D eigenvalue weighted by Gasteiger charge is -2.00. The monoisotopic (exact) mass is 248 g/mol. The fraction of sp³-hybridized carbons (Fsp3) is 0.286. The summed E-state index contributed by atoms with van der Waals surface area (Å²) in [7, 11) is 0. The van der Waals surface area contributed by atoms with E-state index in [1.165, 1.54) is 12.2 Å². The summed E-state index contributed by atoms with van der Waals surface area (Å²) in [6, 6.07) is 9.69. The molecule has 96 valence electrons. The van der Waals surface area contributed by atoms with Gasteiger partial charge in [-0.2, -0.15) is 0 Å². The standard InChI is InChI=1S/C14H16O4/c1-2-18-14(16)13(15)9-6-10-17-11-12-7-4-3-5-8-12/h3-9H,2,10-11H2,1H3. The average molecular weight is 248 g/mol. The highest BCUT2D eigenvalue weighted by molar-refractivity contribution is 6.38. The fourth-order valence-electron chi connectivity index (χ4n) is 1.24. The van der Waals surface area contributed by atoms with Crippen molar-refractivity contribution in [3.05, 3.63) is 48.0 Å². The van der Waals surface area contributed by atoms with Gasteiger partial charge in [-0.05, 0) is 18.6 Å². The van der Waals surface area contributed by atoms with Crippen LogP contribution in [0.5, 0.6) is 0 Å². The first-order valence-electron chi connectivity index (χ1n) is 5.73. The van der Waals surface area contributed by atoms with Gasteiger partial charge in [0.1, 0.15) is 0 Å².